The van der Waals surface area contributed by atoms with Gasteiger partial charge in [-0.05, 0) is 52.0 Å². The molecule has 0 bridgehead atoms. The lowest BCUT2D eigenvalue weighted by Crippen LogP contribution is -2.30. The highest BCUT2D eigenvalue weighted by Crippen LogP contribution is 2.28. The largest absolute Gasteiger partial charge is 0.339 e. The van der Waals surface area contributed by atoms with Crippen LogP contribution in [0.15, 0.2) is 59.1 Å². The summed E-state index contributed by atoms with van der Waals surface area (Å²) in [6, 6.07) is 16.6. The third-order valence-corrected chi connectivity index (χ3v) is 5.63. The summed E-state index contributed by atoms with van der Waals surface area (Å²) in [7, 11) is 0. The van der Waals surface area contributed by atoms with Crippen molar-refractivity contribution in [3.05, 3.63) is 77.0 Å². The van der Waals surface area contributed by atoms with Gasteiger partial charge < -0.3 is 14.7 Å². The average molecular weight is 443 g/mol. The number of carbonyl (C=O) groups excluding carboxylic acids is 2. The van der Waals surface area contributed by atoms with E-state index in [4.69, 9.17) is 4.52 Å². The number of nitrogens with zero attached hydrogens (tertiary/aromatic N) is 3. The van der Waals surface area contributed by atoms with Gasteiger partial charge in [0.1, 0.15) is 0 Å². The SMILES string of the molecule is CCN(CC)C(=O)c1cccc(NC(=O)c2cc(-c3ccc(C)cc3)nc3onc(C)c23)c1. The van der Waals surface area contributed by atoms with Crippen LogP contribution >= 0.6 is 0 Å². The van der Waals surface area contributed by atoms with E-state index in [-0.39, 0.29) is 11.8 Å². The van der Waals surface area contributed by atoms with Gasteiger partial charge in [0.2, 0.25) is 0 Å². The topological polar surface area (TPSA) is 88.3 Å². The Balaban J connectivity index is 1.70. The highest BCUT2D eigenvalue weighted by Gasteiger charge is 2.20. The number of anilines is 1. The molecule has 2 aromatic heterocycles. The lowest BCUT2D eigenvalue weighted by molar-refractivity contribution is 0.0772. The van der Waals surface area contributed by atoms with Gasteiger partial charge in [0.05, 0.1) is 22.3 Å². The van der Waals surface area contributed by atoms with Crippen LogP contribution in [0.3, 0.4) is 0 Å². The van der Waals surface area contributed by atoms with E-state index >= 15 is 0 Å². The Morgan fingerprint density at radius 1 is 1.00 bits per heavy atom. The normalized spacial score (nSPS) is 10.9. The minimum absolute atomic E-state index is 0.0704. The van der Waals surface area contributed by atoms with Crippen molar-refractivity contribution in [2.24, 2.45) is 0 Å². The predicted molar refractivity (Wildman–Crippen MR) is 128 cm³/mol. The molecular weight excluding hydrogens is 416 g/mol. The van der Waals surface area contributed by atoms with Crippen LogP contribution in [-0.4, -0.2) is 39.9 Å². The zero-order valence-electron chi connectivity index (χ0n) is 19.2. The lowest BCUT2D eigenvalue weighted by atomic mass is 10.0. The minimum atomic E-state index is -0.325. The molecule has 4 aromatic rings. The van der Waals surface area contributed by atoms with Gasteiger partial charge in [0, 0.05) is 29.9 Å². The van der Waals surface area contributed by atoms with Crippen molar-refractivity contribution in [1.29, 1.82) is 0 Å². The van der Waals surface area contributed by atoms with E-state index in [1.165, 1.54) is 0 Å². The van der Waals surface area contributed by atoms with Gasteiger partial charge >= 0.3 is 0 Å². The Kier molecular flexibility index (Phi) is 6.22. The lowest BCUT2D eigenvalue weighted by Gasteiger charge is -2.19. The number of hydrogen-bond donors (Lipinski definition) is 1. The highest BCUT2D eigenvalue weighted by atomic mass is 16.5. The van der Waals surface area contributed by atoms with E-state index in [0.717, 1.165) is 11.1 Å². The zero-order valence-corrected chi connectivity index (χ0v) is 19.2. The van der Waals surface area contributed by atoms with Crippen LogP contribution in [0.4, 0.5) is 5.69 Å². The molecular formula is C26H26N4O3. The van der Waals surface area contributed by atoms with Crippen LogP contribution in [0.5, 0.6) is 0 Å². The molecule has 0 fully saturated rings. The van der Waals surface area contributed by atoms with Crippen molar-refractivity contribution in [3.63, 3.8) is 0 Å². The average Bonchev–Trinajstić information content (AvgIpc) is 3.20. The molecule has 0 aliphatic heterocycles. The first-order chi connectivity index (χ1) is 15.9. The maximum absolute atomic E-state index is 13.3. The zero-order chi connectivity index (χ0) is 23.5. The van der Waals surface area contributed by atoms with Crippen LogP contribution < -0.4 is 5.32 Å². The fourth-order valence-electron chi connectivity index (χ4n) is 3.77. The Morgan fingerprint density at radius 2 is 1.73 bits per heavy atom. The molecule has 4 rings (SSSR count). The molecule has 2 heterocycles. The molecule has 0 aliphatic rings. The van der Waals surface area contributed by atoms with Gasteiger partial charge in [-0.3, -0.25) is 9.59 Å². The molecule has 7 nitrogen and oxygen atoms in total. The number of carbonyl (C=O) groups is 2. The summed E-state index contributed by atoms with van der Waals surface area (Å²) in [6.45, 7) is 8.91. The van der Waals surface area contributed by atoms with Gasteiger partial charge in [0.25, 0.3) is 17.5 Å². The predicted octanol–water partition coefficient (Wildman–Crippen LogP) is 5.24. The number of nitrogens with one attached hydrogen (secondary N) is 1. The van der Waals surface area contributed by atoms with E-state index < -0.39 is 0 Å². The number of fused-ring (bicyclic) bond motifs is 1. The summed E-state index contributed by atoms with van der Waals surface area (Å²) in [5, 5.41) is 7.49. The Morgan fingerprint density at radius 3 is 2.42 bits per heavy atom. The summed E-state index contributed by atoms with van der Waals surface area (Å²) >= 11 is 0. The van der Waals surface area contributed by atoms with Gasteiger partial charge in [-0.1, -0.05) is 41.1 Å². The van der Waals surface area contributed by atoms with E-state index in [0.29, 0.717) is 52.4 Å². The van der Waals surface area contributed by atoms with E-state index in [1.807, 2.05) is 45.0 Å². The first-order valence-electron chi connectivity index (χ1n) is 11.0. The fourth-order valence-corrected chi connectivity index (χ4v) is 3.77. The third kappa shape index (κ3) is 4.48. The molecule has 0 unspecified atom stereocenters. The molecule has 7 heteroatoms. The van der Waals surface area contributed by atoms with Crippen molar-refractivity contribution in [3.8, 4) is 11.3 Å². The van der Waals surface area contributed by atoms with Crippen LogP contribution in [0.2, 0.25) is 0 Å². The molecule has 2 amide bonds. The number of benzene rings is 2. The Bertz CT molecular complexity index is 1320. The summed E-state index contributed by atoms with van der Waals surface area (Å²) in [5.74, 6) is -0.395. The van der Waals surface area contributed by atoms with Crippen molar-refractivity contribution in [2.45, 2.75) is 27.7 Å². The van der Waals surface area contributed by atoms with Gasteiger partial charge in [0.15, 0.2) is 0 Å². The molecule has 0 saturated heterocycles. The quantitative estimate of drug-likeness (QED) is 0.441. The monoisotopic (exact) mass is 442 g/mol. The molecule has 168 valence electrons. The first kappa shape index (κ1) is 22.2. The number of rotatable bonds is 6. The molecule has 1 N–H and O–H groups in total. The van der Waals surface area contributed by atoms with Crippen molar-refractivity contribution < 1.29 is 14.1 Å². The number of aryl methyl sites for hydroxylation is 2. The van der Waals surface area contributed by atoms with Crippen LogP contribution in [-0.2, 0) is 0 Å². The molecule has 0 saturated carbocycles. The molecule has 0 radical (unpaired) electrons. The van der Waals surface area contributed by atoms with Gasteiger partial charge in [-0.25, -0.2) is 4.98 Å². The number of aromatic nitrogens is 2. The Labute approximate surface area is 192 Å². The van der Waals surface area contributed by atoms with Crippen LogP contribution in [0.25, 0.3) is 22.4 Å². The molecule has 33 heavy (non-hydrogen) atoms. The maximum Gasteiger partial charge on any atom is 0.259 e. The highest BCUT2D eigenvalue weighted by molar-refractivity contribution is 6.13. The first-order valence-corrected chi connectivity index (χ1v) is 11.0. The number of pyridine rings is 1. The molecule has 0 spiro atoms. The second-order valence-corrected chi connectivity index (χ2v) is 7.88. The van der Waals surface area contributed by atoms with Crippen molar-refractivity contribution >= 4 is 28.6 Å². The standard InChI is InChI=1S/C26H26N4O3/c1-5-30(6-2)26(32)19-8-7-9-20(14-19)27-24(31)21-15-22(18-12-10-16(3)11-13-18)28-25-23(21)17(4)29-33-25/h7-15H,5-6H2,1-4H3,(H,27,31). The Hall–Kier alpha value is -4.00. The van der Waals surface area contributed by atoms with Gasteiger partial charge in [-0.2, -0.15) is 0 Å². The third-order valence-electron chi connectivity index (χ3n) is 5.63. The number of amides is 2. The molecule has 0 atom stereocenters. The van der Waals surface area contributed by atoms with Crippen molar-refractivity contribution in [2.75, 3.05) is 18.4 Å². The van der Waals surface area contributed by atoms with Gasteiger partial charge in [-0.15, -0.1) is 0 Å². The second-order valence-electron chi connectivity index (χ2n) is 7.88. The van der Waals surface area contributed by atoms with E-state index in [1.54, 1.807) is 42.2 Å². The fraction of sp³-hybridized carbons (Fsp3) is 0.231. The van der Waals surface area contributed by atoms with E-state index in [2.05, 4.69) is 15.5 Å². The smallest absolute Gasteiger partial charge is 0.259 e. The second kappa shape index (κ2) is 9.24. The van der Waals surface area contributed by atoms with E-state index in [9.17, 15) is 9.59 Å². The maximum atomic E-state index is 13.3. The summed E-state index contributed by atoms with van der Waals surface area (Å²) < 4.78 is 5.39. The summed E-state index contributed by atoms with van der Waals surface area (Å²) in [5.41, 5.74) is 4.99. The molecule has 0 aliphatic carbocycles. The molecule has 2 aromatic carbocycles. The summed E-state index contributed by atoms with van der Waals surface area (Å²) in [4.78, 5) is 32.3. The minimum Gasteiger partial charge on any atom is -0.339 e. The van der Waals surface area contributed by atoms with Crippen molar-refractivity contribution in [1.82, 2.24) is 15.0 Å². The summed E-state index contributed by atoms with van der Waals surface area (Å²) in [6.07, 6.45) is 0. The van der Waals surface area contributed by atoms with Crippen LogP contribution in [0, 0.1) is 13.8 Å². The van der Waals surface area contributed by atoms with Crippen LogP contribution in [0.1, 0.15) is 45.8 Å². The number of hydrogen-bond acceptors (Lipinski definition) is 5.